The minimum absolute atomic E-state index is 0.0969. The van der Waals surface area contributed by atoms with E-state index in [0.29, 0.717) is 12.1 Å². The van der Waals surface area contributed by atoms with Crippen LogP contribution in [-0.4, -0.2) is 37.9 Å². The van der Waals surface area contributed by atoms with Gasteiger partial charge in [-0.05, 0) is 60.5 Å². The maximum Gasteiger partial charge on any atom is 0.251 e. The fourth-order valence-electron chi connectivity index (χ4n) is 3.73. The molecule has 0 fully saturated rings. The fourth-order valence-corrected chi connectivity index (χ4v) is 3.73. The molecule has 7 heteroatoms. The van der Waals surface area contributed by atoms with Crippen molar-refractivity contribution in [2.45, 2.75) is 13.5 Å². The number of benzene rings is 2. The van der Waals surface area contributed by atoms with Crippen LogP contribution in [0, 0.1) is 6.92 Å². The van der Waals surface area contributed by atoms with E-state index in [1.165, 1.54) is 0 Å². The smallest absolute Gasteiger partial charge is 0.251 e. The van der Waals surface area contributed by atoms with Gasteiger partial charge in [-0.3, -0.25) is 9.78 Å². The predicted octanol–water partition coefficient (Wildman–Crippen LogP) is 3.76. The molecule has 0 radical (unpaired) electrons. The van der Waals surface area contributed by atoms with Gasteiger partial charge in [0.05, 0.1) is 17.8 Å². The number of pyridine rings is 2. The van der Waals surface area contributed by atoms with Crippen molar-refractivity contribution in [3.63, 3.8) is 0 Å². The summed E-state index contributed by atoms with van der Waals surface area (Å²) in [6.07, 6.45) is 1.79. The molecular formula is C24H20N6O. The third-order valence-corrected chi connectivity index (χ3v) is 5.35. The second-order valence-corrected chi connectivity index (χ2v) is 7.43. The van der Waals surface area contributed by atoms with Crippen LogP contribution in [0.3, 0.4) is 0 Å². The number of aryl methyl sites for hydroxylation is 1. The Labute approximate surface area is 178 Å². The molecule has 3 aromatic heterocycles. The molecule has 1 amide bonds. The Bertz CT molecular complexity index is 1440. The molecular weight excluding hydrogens is 388 g/mol. The lowest BCUT2D eigenvalue weighted by atomic mass is 10.0. The topological polar surface area (TPSA) is 85.6 Å². The molecule has 0 saturated carbocycles. The van der Waals surface area contributed by atoms with Gasteiger partial charge in [-0.2, -0.15) is 0 Å². The highest BCUT2D eigenvalue weighted by atomic mass is 16.1. The summed E-state index contributed by atoms with van der Waals surface area (Å²) in [7, 11) is 1.63. The van der Waals surface area contributed by atoms with Crippen LogP contribution in [0.2, 0.25) is 0 Å². The zero-order chi connectivity index (χ0) is 21.4. The average Bonchev–Trinajstić information content (AvgIpc) is 3.20. The van der Waals surface area contributed by atoms with Crippen molar-refractivity contribution in [3.8, 4) is 11.3 Å². The van der Waals surface area contributed by atoms with Crippen molar-refractivity contribution >= 4 is 28.0 Å². The first-order valence-corrected chi connectivity index (χ1v) is 9.99. The predicted molar refractivity (Wildman–Crippen MR) is 120 cm³/mol. The Morgan fingerprint density at radius 1 is 1.03 bits per heavy atom. The van der Waals surface area contributed by atoms with Crippen LogP contribution in [0.5, 0.6) is 0 Å². The van der Waals surface area contributed by atoms with Crippen LogP contribution in [0.1, 0.15) is 21.5 Å². The highest BCUT2D eigenvalue weighted by molar-refractivity contribution is 5.96. The van der Waals surface area contributed by atoms with Crippen LogP contribution in [0.4, 0.5) is 0 Å². The van der Waals surface area contributed by atoms with E-state index in [-0.39, 0.29) is 5.91 Å². The van der Waals surface area contributed by atoms with Crippen molar-refractivity contribution < 1.29 is 4.79 Å². The first kappa shape index (κ1) is 18.9. The lowest BCUT2D eigenvalue weighted by molar-refractivity contribution is 0.0962. The number of carbonyl (C=O) groups excluding carboxylic acids is 1. The number of fused-ring (bicyclic) bond motifs is 2. The first-order valence-electron chi connectivity index (χ1n) is 9.99. The third-order valence-electron chi connectivity index (χ3n) is 5.35. The molecule has 0 aliphatic carbocycles. The summed E-state index contributed by atoms with van der Waals surface area (Å²) in [5.41, 5.74) is 6.83. The van der Waals surface area contributed by atoms with Gasteiger partial charge in [-0.25, -0.2) is 9.67 Å². The van der Waals surface area contributed by atoms with Crippen molar-refractivity contribution in [2.75, 3.05) is 7.05 Å². The highest BCUT2D eigenvalue weighted by Gasteiger charge is 2.12. The molecule has 1 N–H and O–H groups in total. The summed E-state index contributed by atoms with van der Waals surface area (Å²) in [6.45, 7) is 2.49. The molecule has 0 spiro atoms. The number of nitrogens with zero attached hydrogens (tertiary/aromatic N) is 5. The molecule has 0 bridgehead atoms. The molecule has 7 nitrogen and oxygen atoms in total. The third kappa shape index (κ3) is 3.50. The van der Waals surface area contributed by atoms with Gasteiger partial charge >= 0.3 is 0 Å². The van der Waals surface area contributed by atoms with Gasteiger partial charge < -0.3 is 5.32 Å². The minimum Gasteiger partial charge on any atom is -0.355 e. The summed E-state index contributed by atoms with van der Waals surface area (Å²) >= 11 is 0. The van der Waals surface area contributed by atoms with Crippen LogP contribution in [0.25, 0.3) is 33.3 Å². The van der Waals surface area contributed by atoms with Crippen LogP contribution in [0.15, 0.2) is 66.9 Å². The molecule has 0 atom stereocenters. The second-order valence-electron chi connectivity index (χ2n) is 7.43. The highest BCUT2D eigenvalue weighted by Crippen LogP contribution is 2.23. The zero-order valence-electron chi connectivity index (χ0n) is 17.2. The van der Waals surface area contributed by atoms with Crippen molar-refractivity contribution in [1.29, 1.82) is 0 Å². The van der Waals surface area contributed by atoms with Crippen LogP contribution < -0.4 is 5.32 Å². The van der Waals surface area contributed by atoms with Gasteiger partial charge in [0.25, 0.3) is 5.91 Å². The molecule has 0 saturated heterocycles. The number of nitrogens with one attached hydrogen (secondary N) is 1. The fraction of sp³-hybridized carbons (Fsp3) is 0.125. The van der Waals surface area contributed by atoms with Crippen LogP contribution in [-0.2, 0) is 6.54 Å². The van der Waals surface area contributed by atoms with Crippen molar-refractivity contribution in [2.24, 2.45) is 0 Å². The van der Waals surface area contributed by atoms with E-state index in [1.54, 1.807) is 13.2 Å². The van der Waals surface area contributed by atoms with Gasteiger partial charge in [0.2, 0.25) is 0 Å². The number of amides is 1. The lowest BCUT2D eigenvalue weighted by Gasteiger charge is -2.08. The Balaban J connectivity index is 1.51. The molecule has 5 rings (SSSR count). The van der Waals surface area contributed by atoms with Crippen LogP contribution >= 0.6 is 0 Å². The van der Waals surface area contributed by atoms with E-state index >= 15 is 0 Å². The van der Waals surface area contributed by atoms with Gasteiger partial charge in [-0.1, -0.05) is 23.4 Å². The first-order chi connectivity index (χ1) is 15.1. The Morgan fingerprint density at radius 3 is 2.74 bits per heavy atom. The largest absolute Gasteiger partial charge is 0.355 e. The second kappa shape index (κ2) is 7.60. The minimum atomic E-state index is -0.0969. The zero-order valence-corrected chi connectivity index (χ0v) is 17.2. The van der Waals surface area contributed by atoms with Gasteiger partial charge in [-0.15, -0.1) is 5.10 Å². The molecule has 0 unspecified atom stereocenters. The van der Waals surface area contributed by atoms with E-state index in [0.717, 1.165) is 44.5 Å². The lowest BCUT2D eigenvalue weighted by Crippen LogP contribution is -2.18. The molecule has 2 aromatic carbocycles. The molecule has 31 heavy (non-hydrogen) atoms. The summed E-state index contributed by atoms with van der Waals surface area (Å²) in [4.78, 5) is 21.2. The maximum absolute atomic E-state index is 12.0. The number of aromatic nitrogens is 5. The number of carbonyl (C=O) groups is 1. The maximum atomic E-state index is 12.0. The standard InChI is InChI=1S/C24H20N6O/c1-15-12-18(6-7-19(15)24(31)25-2)21-9-10-22-23(27-21)30(29-28-22)14-16-5-8-20-17(13-16)4-3-11-26-20/h3-13H,14H2,1-2H3,(H,25,31). The Hall–Kier alpha value is -4.13. The monoisotopic (exact) mass is 408 g/mol. The van der Waals surface area contributed by atoms with E-state index in [2.05, 4.69) is 26.7 Å². The van der Waals surface area contributed by atoms with E-state index in [9.17, 15) is 4.79 Å². The number of rotatable bonds is 4. The van der Waals surface area contributed by atoms with Gasteiger partial charge in [0.15, 0.2) is 5.65 Å². The molecule has 3 heterocycles. The van der Waals surface area contributed by atoms with E-state index < -0.39 is 0 Å². The SMILES string of the molecule is CNC(=O)c1ccc(-c2ccc3nnn(Cc4ccc5ncccc5c4)c3n2)cc1C. The number of hydrogen-bond acceptors (Lipinski definition) is 5. The van der Waals surface area contributed by atoms with Gasteiger partial charge in [0.1, 0.15) is 5.52 Å². The normalized spacial score (nSPS) is 11.2. The molecule has 5 aromatic rings. The Kier molecular flexibility index (Phi) is 4.63. The summed E-state index contributed by atoms with van der Waals surface area (Å²) in [5, 5.41) is 12.3. The quantitative estimate of drug-likeness (QED) is 0.489. The van der Waals surface area contributed by atoms with Crippen molar-refractivity contribution in [3.05, 3.63) is 83.6 Å². The molecule has 0 aliphatic rings. The summed E-state index contributed by atoms with van der Waals surface area (Å²) < 4.78 is 1.81. The average molecular weight is 408 g/mol. The molecule has 0 aliphatic heterocycles. The summed E-state index contributed by atoms with van der Waals surface area (Å²) in [5.74, 6) is -0.0969. The summed E-state index contributed by atoms with van der Waals surface area (Å²) in [6, 6.07) is 19.7. The Morgan fingerprint density at radius 2 is 1.90 bits per heavy atom. The van der Waals surface area contributed by atoms with E-state index in [1.807, 2.05) is 66.2 Å². The van der Waals surface area contributed by atoms with Gasteiger partial charge in [0, 0.05) is 29.8 Å². The number of hydrogen-bond donors (Lipinski definition) is 1. The van der Waals surface area contributed by atoms with E-state index in [4.69, 9.17) is 4.98 Å². The van der Waals surface area contributed by atoms with Crippen molar-refractivity contribution in [1.82, 2.24) is 30.3 Å². The molecule has 152 valence electrons.